The Hall–Kier alpha value is -2.37. The van der Waals surface area contributed by atoms with E-state index in [1.54, 1.807) is 13.1 Å². The van der Waals surface area contributed by atoms with E-state index in [4.69, 9.17) is 5.73 Å². The summed E-state index contributed by atoms with van der Waals surface area (Å²) in [6, 6.07) is 6.58. The number of guanidine groups is 1. The predicted octanol–water partition coefficient (Wildman–Crippen LogP) is 0.804. The second-order valence-corrected chi connectivity index (χ2v) is 8.61. The first-order valence-electron chi connectivity index (χ1n) is 10.5. The van der Waals surface area contributed by atoms with Crippen LogP contribution in [0.1, 0.15) is 38.7 Å². The van der Waals surface area contributed by atoms with Crippen LogP contribution in [-0.4, -0.2) is 60.5 Å². The van der Waals surface area contributed by atoms with E-state index < -0.39 is 30.9 Å². The van der Waals surface area contributed by atoms with Gasteiger partial charge < -0.3 is 31.7 Å². The third-order valence-electron chi connectivity index (χ3n) is 4.58. The van der Waals surface area contributed by atoms with Gasteiger partial charge in [-0.25, -0.2) is 0 Å². The monoisotopic (exact) mass is 509 g/mol. The number of hydrogen-bond donors (Lipinski definition) is 6. The van der Waals surface area contributed by atoms with Crippen LogP contribution in [-0.2, 0) is 9.59 Å². The second-order valence-electron chi connectivity index (χ2n) is 7.75. The summed E-state index contributed by atoms with van der Waals surface area (Å²) in [5, 5.41) is 27.5. The maximum Gasteiger partial charge on any atom is 0.475 e. The number of hydrogen-bond acceptors (Lipinski definition) is 5. The highest BCUT2D eigenvalue weighted by Gasteiger charge is 2.29. The van der Waals surface area contributed by atoms with Gasteiger partial charge in [-0.3, -0.25) is 14.6 Å². The summed E-state index contributed by atoms with van der Waals surface area (Å²) in [5.41, 5.74) is 6.43. The molecule has 0 aliphatic rings. The van der Waals surface area contributed by atoms with Gasteiger partial charge in [0, 0.05) is 24.1 Å². The molecular formula is C21H33BBrN5O4. The van der Waals surface area contributed by atoms with Crippen molar-refractivity contribution in [3.05, 3.63) is 40.4 Å². The standard InChI is InChI=1S/C21H33BBrN5O4/c1-14(2)13-18(22(31)32)28-20(30)17(9-6-12-26-21(24)25-3)27-19(29)11-10-15-7-4-5-8-16(15)23/h4-5,7-8,10-11,14,17-18,31-32H,6,9,12-13H2,1-3H3,(H,27,29)(H,28,30)(H3,24,25,26)/b11-10+/t17-,18-/m0/s1. The zero-order valence-corrected chi connectivity index (χ0v) is 20.3. The van der Waals surface area contributed by atoms with Crippen LogP contribution >= 0.6 is 15.9 Å². The largest absolute Gasteiger partial charge is 0.475 e. The number of nitrogens with one attached hydrogen (secondary N) is 3. The molecule has 2 atom stereocenters. The molecule has 176 valence electrons. The van der Waals surface area contributed by atoms with Gasteiger partial charge in [-0.05, 0) is 42.9 Å². The van der Waals surface area contributed by atoms with Crippen LogP contribution in [0.5, 0.6) is 0 Å². The number of rotatable bonds is 12. The van der Waals surface area contributed by atoms with Crippen molar-refractivity contribution in [3.63, 3.8) is 0 Å². The number of benzene rings is 1. The summed E-state index contributed by atoms with van der Waals surface area (Å²) in [7, 11) is -0.138. The normalized spacial score (nSPS) is 13.7. The molecule has 11 heteroatoms. The minimum atomic E-state index is -1.70. The fourth-order valence-corrected chi connectivity index (χ4v) is 3.33. The van der Waals surface area contributed by atoms with Gasteiger partial charge in [0.15, 0.2) is 5.96 Å². The number of nitrogens with two attached hydrogens (primary N) is 1. The molecule has 0 radical (unpaired) electrons. The third kappa shape index (κ3) is 10.8. The lowest BCUT2D eigenvalue weighted by Gasteiger charge is -2.24. The van der Waals surface area contributed by atoms with Crippen molar-refractivity contribution in [1.82, 2.24) is 16.0 Å². The number of carbonyl (C=O) groups excluding carboxylic acids is 2. The smallest absolute Gasteiger partial charge is 0.426 e. The van der Waals surface area contributed by atoms with Gasteiger partial charge in [0.1, 0.15) is 6.04 Å². The van der Waals surface area contributed by atoms with Crippen LogP contribution in [0.3, 0.4) is 0 Å². The van der Waals surface area contributed by atoms with Crippen LogP contribution in [0.25, 0.3) is 6.08 Å². The van der Waals surface area contributed by atoms with E-state index in [9.17, 15) is 19.6 Å². The number of carbonyl (C=O) groups is 2. The maximum atomic E-state index is 12.8. The van der Waals surface area contributed by atoms with Crippen molar-refractivity contribution < 1.29 is 19.6 Å². The fraction of sp³-hybridized carbons (Fsp3) is 0.476. The van der Waals surface area contributed by atoms with Gasteiger partial charge in [0.2, 0.25) is 11.8 Å². The Bertz CT molecular complexity index is 804. The molecule has 0 aliphatic heterocycles. The summed E-state index contributed by atoms with van der Waals surface area (Å²) in [4.78, 5) is 29.1. The molecule has 0 aromatic heterocycles. The second kappa shape index (κ2) is 14.7. The van der Waals surface area contributed by atoms with Crippen LogP contribution in [0.15, 0.2) is 39.8 Å². The van der Waals surface area contributed by atoms with Gasteiger partial charge in [0.25, 0.3) is 0 Å². The zero-order chi connectivity index (χ0) is 24.1. The Kier molecular flexibility index (Phi) is 12.7. The highest BCUT2D eigenvalue weighted by molar-refractivity contribution is 9.10. The van der Waals surface area contributed by atoms with Crippen molar-refractivity contribution in [2.45, 2.75) is 45.1 Å². The highest BCUT2D eigenvalue weighted by Crippen LogP contribution is 2.17. The van der Waals surface area contributed by atoms with Crippen LogP contribution in [0.2, 0.25) is 0 Å². The van der Waals surface area contributed by atoms with Gasteiger partial charge in [-0.15, -0.1) is 0 Å². The van der Waals surface area contributed by atoms with Gasteiger partial charge in [0.05, 0.1) is 5.94 Å². The van der Waals surface area contributed by atoms with E-state index in [1.165, 1.54) is 6.08 Å². The topological polar surface area (TPSA) is 149 Å². The molecule has 32 heavy (non-hydrogen) atoms. The fourth-order valence-electron chi connectivity index (χ4n) is 2.91. The summed E-state index contributed by atoms with van der Waals surface area (Å²) >= 11 is 3.42. The predicted molar refractivity (Wildman–Crippen MR) is 131 cm³/mol. The first kappa shape index (κ1) is 27.7. The van der Waals surface area contributed by atoms with Crippen molar-refractivity contribution in [2.24, 2.45) is 16.6 Å². The van der Waals surface area contributed by atoms with E-state index in [1.807, 2.05) is 38.1 Å². The third-order valence-corrected chi connectivity index (χ3v) is 5.30. The molecule has 0 fully saturated rings. The molecular weight excluding hydrogens is 477 g/mol. The summed E-state index contributed by atoms with van der Waals surface area (Å²) < 4.78 is 0.841. The molecule has 0 saturated heterocycles. The average molecular weight is 510 g/mol. The first-order chi connectivity index (χ1) is 15.1. The number of nitrogens with zero attached hydrogens (tertiary/aromatic N) is 1. The molecule has 7 N–H and O–H groups in total. The molecule has 1 rings (SSSR count). The lowest BCUT2D eigenvalue weighted by molar-refractivity contribution is -0.127. The van der Waals surface area contributed by atoms with Crippen LogP contribution < -0.4 is 21.7 Å². The number of amides is 2. The summed E-state index contributed by atoms with van der Waals surface area (Å²) in [6.45, 7) is 4.30. The number of halogens is 1. The van der Waals surface area contributed by atoms with Gasteiger partial charge in [-0.2, -0.15) is 0 Å². The van der Waals surface area contributed by atoms with E-state index in [-0.39, 0.29) is 11.9 Å². The quantitative estimate of drug-likeness (QED) is 0.0806. The molecule has 1 aromatic carbocycles. The Labute approximate surface area is 198 Å². The summed E-state index contributed by atoms with van der Waals surface area (Å²) in [6.07, 6.45) is 4.23. The van der Waals surface area contributed by atoms with E-state index in [0.717, 1.165) is 10.0 Å². The molecule has 0 spiro atoms. The van der Waals surface area contributed by atoms with Crippen LogP contribution in [0.4, 0.5) is 0 Å². The van der Waals surface area contributed by atoms with Crippen molar-refractivity contribution in [2.75, 3.05) is 13.6 Å². The van der Waals surface area contributed by atoms with E-state index in [2.05, 4.69) is 36.9 Å². The molecule has 0 bridgehead atoms. The Morgan fingerprint density at radius 1 is 1.25 bits per heavy atom. The molecule has 1 aromatic rings. The Morgan fingerprint density at radius 3 is 2.53 bits per heavy atom. The van der Waals surface area contributed by atoms with Crippen LogP contribution in [0, 0.1) is 5.92 Å². The molecule has 0 unspecified atom stereocenters. The van der Waals surface area contributed by atoms with Gasteiger partial charge in [-0.1, -0.05) is 48.0 Å². The highest BCUT2D eigenvalue weighted by atomic mass is 79.9. The molecule has 0 aliphatic carbocycles. The van der Waals surface area contributed by atoms with Crippen molar-refractivity contribution in [1.29, 1.82) is 0 Å². The Morgan fingerprint density at radius 2 is 1.94 bits per heavy atom. The van der Waals surface area contributed by atoms with E-state index in [0.29, 0.717) is 25.8 Å². The number of aliphatic imine (C=N–C) groups is 1. The summed E-state index contributed by atoms with van der Waals surface area (Å²) in [5.74, 6) is -1.33. The van der Waals surface area contributed by atoms with E-state index >= 15 is 0 Å². The molecule has 0 saturated carbocycles. The van der Waals surface area contributed by atoms with Crippen molar-refractivity contribution in [3.8, 4) is 0 Å². The molecule has 2 amide bonds. The minimum Gasteiger partial charge on any atom is -0.426 e. The lowest BCUT2D eigenvalue weighted by Crippen LogP contribution is -2.54. The SMILES string of the molecule is CN=C(N)NCCC[C@H](NC(=O)/C=C/c1ccccc1Br)C(=O)N[C@@H](CC(C)C)B(O)O. The lowest BCUT2D eigenvalue weighted by atomic mass is 9.75. The van der Waals surface area contributed by atoms with Gasteiger partial charge >= 0.3 is 7.12 Å². The van der Waals surface area contributed by atoms with Crippen molar-refractivity contribution >= 4 is 46.9 Å². The minimum absolute atomic E-state index is 0.142. The first-order valence-corrected chi connectivity index (χ1v) is 11.3. The molecule has 9 nitrogen and oxygen atoms in total. The maximum absolute atomic E-state index is 12.8. The molecule has 0 heterocycles. The zero-order valence-electron chi connectivity index (χ0n) is 18.7. The average Bonchev–Trinajstić information content (AvgIpc) is 2.74. The Balaban J connectivity index is 2.84.